The van der Waals surface area contributed by atoms with Crippen LogP contribution in [0, 0.1) is 0 Å². The van der Waals surface area contributed by atoms with E-state index in [1.54, 1.807) is 0 Å². The Labute approximate surface area is 171 Å². The lowest BCUT2D eigenvalue weighted by Crippen LogP contribution is -2.28. The molecule has 0 spiro atoms. The lowest BCUT2D eigenvalue weighted by molar-refractivity contribution is -0.156. The lowest BCUT2D eigenvalue weighted by Gasteiger charge is -2.19. The smallest absolute Gasteiger partial charge is 0.308 e. The summed E-state index contributed by atoms with van der Waals surface area (Å²) in [6, 6.07) is 0. The van der Waals surface area contributed by atoms with Crippen molar-refractivity contribution in [2.45, 2.75) is 85.2 Å². The highest BCUT2D eigenvalue weighted by Crippen LogP contribution is 2.13. The van der Waals surface area contributed by atoms with E-state index in [0.717, 1.165) is 32.1 Å². The third-order valence-corrected chi connectivity index (χ3v) is 3.77. The largest absolute Gasteiger partial charge is 0.460 e. The van der Waals surface area contributed by atoms with Gasteiger partial charge in [-0.2, -0.15) is 0 Å². The molecule has 0 aliphatic rings. The van der Waals surface area contributed by atoms with Crippen molar-refractivity contribution in [2.24, 2.45) is 0 Å². The Morgan fingerprint density at radius 3 is 2.21 bits per heavy atom. The summed E-state index contributed by atoms with van der Waals surface area (Å²) in [4.78, 5) is 23.6. The zero-order chi connectivity index (χ0) is 21.3. The van der Waals surface area contributed by atoms with Gasteiger partial charge in [-0.25, -0.2) is 0 Å². The van der Waals surface area contributed by atoms with Gasteiger partial charge in [0, 0.05) is 13.0 Å². The molecule has 0 heterocycles. The number of carbonyl (C=O) groups is 2. The van der Waals surface area contributed by atoms with Gasteiger partial charge in [-0.05, 0) is 40.0 Å². The summed E-state index contributed by atoms with van der Waals surface area (Å²) in [6.45, 7) is 11.9. The van der Waals surface area contributed by atoms with Crippen LogP contribution in [0.3, 0.4) is 0 Å². The van der Waals surface area contributed by atoms with E-state index in [1.165, 1.54) is 5.57 Å². The summed E-state index contributed by atoms with van der Waals surface area (Å²) in [5.41, 5.74) is 0.771. The summed E-state index contributed by atoms with van der Waals surface area (Å²) in [6.07, 6.45) is 8.32. The fourth-order valence-electron chi connectivity index (χ4n) is 2.42. The van der Waals surface area contributed by atoms with Gasteiger partial charge in [-0.1, -0.05) is 38.3 Å². The summed E-state index contributed by atoms with van der Waals surface area (Å²) in [5.74, 6) is -0.210. The highest BCUT2D eigenvalue weighted by Gasteiger charge is 2.15. The Balaban J connectivity index is 3.68. The van der Waals surface area contributed by atoms with E-state index < -0.39 is 5.60 Å². The van der Waals surface area contributed by atoms with Crippen LogP contribution in [0.1, 0.15) is 79.6 Å². The van der Waals surface area contributed by atoms with Gasteiger partial charge in [-0.15, -0.1) is 0 Å². The standard InChI is InChI=1S/C22H41NO5/c1-6-8-10-19(11-9-7-2)18-20(24)23-13-15-27-17-16-26-14-12-21(25)28-22(3,4)5/h10H,6-9,11-18H2,1-5H3,(H,23,24)/b19-10-. The van der Waals surface area contributed by atoms with Gasteiger partial charge in [0.1, 0.15) is 5.60 Å². The summed E-state index contributed by atoms with van der Waals surface area (Å²) >= 11 is 0. The minimum Gasteiger partial charge on any atom is -0.460 e. The third kappa shape index (κ3) is 18.0. The van der Waals surface area contributed by atoms with Crippen molar-refractivity contribution in [2.75, 3.05) is 33.0 Å². The molecule has 0 aromatic heterocycles. The van der Waals surface area contributed by atoms with E-state index in [9.17, 15) is 9.59 Å². The van der Waals surface area contributed by atoms with Crippen molar-refractivity contribution in [3.63, 3.8) is 0 Å². The Morgan fingerprint density at radius 2 is 1.61 bits per heavy atom. The predicted octanol–water partition coefficient (Wildman–Crippen LogP) is 4.17. The molecule has 164 valence electrons. The average molecular weight is 400 g/mol. The lowest BCUT2D eigenvalue weighted by atomic mass is 10.0. The molecule has 0 saturated heterocycles. The molecule has 0 atom stereocenters. The topological polar surface area (TPSA) is 73.9 Å². The number of hydrogen-bond donors (Lipinski definition) is 1. The molecule has 6 heteroatoms. The number of amides is 1. The van der Waals surface area contributed by atoms with E-state index >= 15 is 0 Å². The first-order valence-electron chi connectivity index (χ1n) is 10.6. The molecule has 0 aromatic carbocycles. The molecule has 1 N–H and O–H groups in total. The predicted molar refractivity (Wildman–Crippen MR) is 112 cm³/mol. The van der Waals surface area contributed by atoms with Crippen LogP contribution in [0.5, 0.6) is 0 Å². The maximum absolute atomic E-state index is 12.0. The number of hydrogen-bond acceptors (Lipinski definition) is 5. The van der Waals surface area contributed by atoms with Crippen LogP contribution in [-0.4, -0.2) is 50.4 Å². The van der Waals surface area contributed by atoms with E-state index in [0.29, 0.717) is 39.4 Å². The van der Waals surface area contributed by atoms with Crippen molar-refractivity contribution in [1.82, 2.24) is 5.32 Å². The quantitative estimate of drug-likeness (QED) is 0.239. The number of allylic oxidation sites excluding steroid dienone is 1. The molecule has 1 amide bonds. The van der Waals surface area contributed by atoms with Crippen molar-refractivity contribution in [3.05, 3.63) is 11.6 Å². The SMILES string of the molecule is CCC/C=C(/CCCC)CC(=O)NCCOCCOCCC(=O)OC(C)(C)C. The third-order valence-electron chi connectivity index (χ3n) is 3.77. The highest BCUT2D eigenvalue weighted by molar-refractivity contribution is 5.78. The van der Waals surface area contributed by atoms with Gasteiger partial charge >= 0.3 is 5.97 Å². The molecule has 0 aromatic rings. The van der Waals surface area contributed by atoms with E-state index in [4.69, 9.17) is 14.2 Å². The van der Waals surface area contributed by atoms with Gasteiger partial charge in [0.2, 0.25) is 5.91 Å². The number of unbranched alkanes of at least 4 members (excludes halogenated alkanes) is 2. The number of esters is 1. The number of ether oxygens (including phenoxy) is 3. The molecule has 0 saturated carbocycles. The minimum atomic E-state index is -0.465. The fourth-order valence-corrected chi connectivity index (χ4v) is 2.42. The van der Waals surface area contributed by atoms with Crippen LogP contribution < -0.4 is 5.32 Å². The maximum atomic E-state index is 12.0. The van der Waals surface area contributed by atoms with Crippen molar-refractivity contribution >= 4 is 11.9 Å². The molecular weight excluding hydrogens is 358 g/mol. The fraction of sp³-hybridized carbons (Fsp3) is 0.818. The van der Waals surface area contributed by atoms with Gasteiger partial charge in [0.05, 0.1) is 32.8 Å². The van der Waals surface area contributed by atoms with Gasteiger partial charge in [0.15, 0.2) is 0 Å². The molecule has 0 aliphatic carbocycles. The van der Waals surface area contributed by atoms with E-state index in [1.807, 2.05) is 20.8 Å². The van der Waals surface area contributed by atoms with Crippen LogP contribution in [0.4, 0.5) is 0 Å². The minimum absolute atomic E-state index is 0.0515. The first kappa shape index (κ1) is 26.6. The summed E-state index contributed by atoms with van der Waals surface area (Å²) in [5, 5.41) is 2.90. The second kappa shape index (κ2) is 16.5. The zero-order valence-corrected chi connectivity index (χ0v) is 18.6. The van der Waals surface area contributed by atoms with E-state index in [-0.39, 0.29) is 18.3 Å². The van der Waals surface area contributed by atoms with Crippen LogP contribution in [-0.2, 0) is 23.8 Å². The zero-order valence-electron chi connectivity index (χ0n) is 18.6. The first-order valence-corrected chi connectivity index (χ1v) is 10.6. The first-order chi connectivity index (χ1) is 13.3. The molecule has 28 heavy (non-hydrogen) atoms. The van der Waals surface area contributed by atoms with Crippen LogP contribution >= 0.6 is 0 Å². The molecule has 0 bridgehead atoms. The number of nitrogens with one attached hydrogen (secondary N) is 1. The van der Waals surface area contributed by atoms with Crippen molar-refractivity contribution < 1.29 is 23.8 Å². The number of rotatable bonds is 16. The Kier molecular flexibility index (Phi) is 15.7. The molecule has 0 aliphatic heterocycles. The van der Waals surface area contributed by atoms with Crippen LogP contribution in [0.2, 0.25) is 0 Å². The summed E-state index contributed by atoms with van der Waals surface area (Å²) in [7, 11) is 0. The second-order valence-electron chi connectivity index (χ2n) is 7.84. The molecule has 0 unspecified atom stereocenters. The monoisotopic (exact) mass is 399 g/mol. The molecule has 0 radical (unpaired) electrons. The molecule has 0 fully saturated rings. The van der Waals surface area contributed by atoms with Crippen LogP contribution in [0.25, 0.3) is 0 Å². The Bertz CT molecular complexity index is 454. The van der Waals surface area contributed by atoms with Crippen molar-refractivity contribution in [1.29, 1.82) is 0 Å². The van der Waals surface area contributed by atoms with Gasteiger partial charge < -0.3 is 19.5 Å². The van der Waals surface area contributed by atoms with Crippen LogP contribution in [0.15, 0.2) is 11.6 Å². The number of carbonyl (C=O) groups excluding carboxylic acids is 2. The normalized spacial score (nSPS) is 12.1. The van der Waals surface area contributed by atoms with E-state index in [2.05, 4.69) is 25.2 Å². The molecule has 6 nitrogen and oxygen atoms in total. The Morgan fingerprint density at radius 1 is 0.929 bits per heavy atom. The highest BCUT2D eigenvalue weighted by atomic mass is 16.6. The summed E-state index contributed by atoms with van der Waals surface area (Å²) < 4.78 is 16.0. The van der Waals surface area contributed by atoms with Gasteiger partial charge in [0.25, 0.3) is 0 Å². The maximum Gasteiger partial charge on any atom is 0.308 e. The molecule has 0 rings (SSSR count). The van der Waals surface area contributed by atoms with Gasteiger partial charge in [-0.3, -0.25) is 9.59 Å². The van der Waals surface area contributed by atoms with Crippen molar-refractivity contribution in [3.8, 4) is 0 Å². The average Bonchev–Trinajstić information content (AvgIpc) is 2.61. The molecular formula is C22H41NO5. The Hall–Kier alpha value is -1.40. The second-order valence-corrected chi connectivity index (χ2v) is 7.84.